The van der Waals surface area contributed by atoms with Crippen LogP contribution >= 0.6 is 0 Å². The molecule has 0 bridgehead atoms. The number of rotatable bonds is 3. The highest BCUT2D eigenvalue weighted by Crippen LogP contribution is 2.23. The van der Waals surface area contributed by atoms with E-state index in [-0.39, 0.29) is 5.56 Å². The van der Waals surface area contributed by atoms with Gasteiger partial charge in [0, 0.05) is 11.3 Å². The van der Waals surface area contributed by atoms with Gasteiger partial charge < -0.3 is 5.73 Å². The lowest BCUT2D eigenvalue weighted by Gasteiger charge is -2.09. The summed E-state index contributed by atoms with van der Waals surface area (Å²) in [5.74, 6) is 0. The van der Waals surface area contributed by atoms with Crippen molar-refractivity contribution in [2.75, 3.05) is 5.73 Å². The van der Waals surface area contributed by atoms with Crippen molar-refractivity contribution in [2.24, 2.45) is 10.2 Å². The first-order valence-corrected chi connectivity index (χ1v) is 6.90. The van der Waals surface area contributed by atoms with Crippen molar-refractivity contribution in [3.05, 3.63) is 65.2 Å². The van der Waals surface area contributed by atoms with Crippen LogP contribution < -0.4 is 5.73 Å². The lowest BCUT2D eigenvalue weighted by atomic mass is 10.1. The van der Waals surface area contributed by atoms with E-state index in [1.165, 1.54) is 24.3 Å². The van der Waals surface area contributed by atoms with Crippen molar-refractivity contribution in [3.63, 3.8) is 0 Å². The molecule has 3 nitrogen and oxygen atoms in total. The van der Waals surface area contributed by atoms with E-state index in [1.54, 1.807) is 19.1 Å². The topological polar surface area (TPSA) is 50.7 Å². The summed E-state index contributed by atoms with van der Waals surface area (Å²) in [5, 5.41) is 7.18. The standard InChI is InChI=1S/C17H16F3N3/c1-11-3-5-13(6-4-11)12(2)22-23-16(17(18,19)20)14-7-9-15(21)10-8-14/h3-10H,21H2,1-2H3/b22-12+,23-16-. The first-order chi connectivity index (χ1) is 10.8. The number of hydrogen-bond donors (Lipinski definition) is 1. The normalized spacial score (nSPS) is 13.3. The van der Waals surface area contributed by atoms with Crippen LogP contribution in [0.2, 0.25) is 0 Å². The number of aryl methyl sites for hydroxylation is 1. The van der Waals surface area contributed by atoms with Crippen molar-refractivity contribution in [1.82, 2.24) is 0 Å². The van der Waals surface area contributed by atoms with E-state index in [0.717, 1.165) is 11.1 Å². The number of nitrogens with zero attached hydrogens (tertiary/aromatic N) is 2. The van der Waals surface area contributed by atoms with Crippen molar-refractivity contribution in [3.8, 4) is 0 Å². The highest BCUT2D eigenvalue weighted by molar-refractivity contribution is 6.06. The number of benzene rings is 2. The van der Waals surface area contributed by atoms with E-state index in [4.69, 9.17) is 5.73 Å². The highest BCUT2D eigenvalue weighted by atomic mass is 19.4. The van der Waals surface area contributed by atoms with Crippen LogP contribution in [0.5, 0.6) is 0 Å². The lowest BCUT2D eigenvalue weighted by molar-refractivity contribution is -0.0582. The molecule has 6 heteroatoms. The smallest absolute Gasteiger partial charge is 0.399 e. The first-order valence-electron chi connectivity index (χ1n) is 6.90. The summed E-state index contributed by atoms with van der Waals surface area (Å²) in [6.07, 6.45) is -4.60. The zero-order valence-electron chi connectivity index (χ0n) is 12.7. The number of anilines is 1. The maximum absolute atomic E-state index is 13.2. The number of halogens is 3. The van der Waals surface area contributed by atoms with Crippen LogP contribution in [-0.2, 0) is 0 Å². The molecule has 0 radical (unpaired) electrons. The Labute approximate surface area is 132 Å². The van der Waals surface area contributed by atoms with Crippen molar-refractivity contribution in [2.45, 2.75) is 20.0 Å². The van der Waals surface area contributed by atoms with Crippen LogP contribution in [-0.4, -0.2) is 17.6 Å². The van der Waals surface area contributed by atoms with Crippen LogP contribution in [0.3, 0.4) is 0 Å². The maximum Gasteiger partial charge on any atom is 0.435 e. The van der Waals surface area contributed by atoms with Gasteiger partial charge in [-0.3, -0.25) is 0 Å². The largest absolute Gasteiger partial charge is 0.435 e. The second-order valence-corrected chi connectivity index (χ2v) is 5.12. The summed E-state index contributed by atoms with van der Waals surface area (Å²) in [7, 11) is 0. The van der Waals surface area contributed by atoms with Crippen LogP contribution in [0.4, 0.5) is 18.9 Å². The molecule has 0 heterocycles. The van der Waals surface area contributed by atoms with Gasteiger partial charge in [0.05, 0.1) is 5.71 Å². The molecule has 0 aliphatic rings. The number of nitrogen functional groups attached to an aromatic ring is 1. The van der Waals surface area contributed by atoms with E-state index < -0.39 is 11.9 Å². The second kappa shape index (κ2) is 6.64. The predicted octanol–water partition coefficient (Wildman–Crippen LogP) is 4.35. The summed E-state index contributed by atoms with van der Waals surface area (Å²) in [6, 6.07) is 12.7. The fourth-order valence-electron chi connectivity index (χ4n) is 1.90. The average molecular weight is 319 g/mol. The molecule has 0 aromatic heterocycles. The third kappa shape index (κ3) is 4.42. The van der Waals surface area contributed by atoms with Crippen molar-refractivity contribution < 1.29 is 13.2 Å². The Morgan fingerprint density at radius 3 is 1.91 bits per heavy atom. The molecule has 2 aromatic carbocycles. The Bertz CT molecular complexity index is 727. The minimum Gasteiger partial charge on any atom is -0.399 e. The van der Waals surface area contributed by atoms with E-state index in [1.807, 2.05) is 19.1 Å². The van der Waals surface area contributed by atoms with Gasteiger partial charge in [0.2, 0.25) is 0 Å². The SMILES string of the molecule is C/C(=N\N=C(\c1ccc(N)cc1)C(F)(F)F)c1ccc(C)cc1. The number of hydrogen-bond acceptors (Lipinski definition) is 3. The fourth-order valence-corrected chi connectivity index (χ4v) is 1.90. The van der Waals surface area contributed by atoms with Gasteiger partial charge in [0.1, 0.15) is 0 Å². The summed E-state index contributed by atoms with van der Waals surface area (Å²) < 4.78 is 39.5. The molecule has 0 spiro atoms. The average Bonchev–Trinajstić information content (AvgIpc) is 2.48. The number of nitrogens with two attached hydrogens (primary N) is 1. The van der Waals surface area contributed by atoms with Gasteiger partial charge in [0.15, 0.2) is 5.71 Å². The Morgan fingerprint density at radius 2 is 1.39 bits per heavy atom. The zero-order valence-corrected chi connectivity index (χ0v) is 12.7. The van der Waals surface area contributed by atoms with Crippen LogP contribution in [0.15, 0.2) is 58.7 Å². The molecule has 0 unspecified atom stereocenters. The van der Waals surface area contributed by atoms with E-state index >= 15 is 0 Å². The molecule has 0 atom stereocenters. The third-order valence-corrected chi connectivity index (χ3v) is 3.22. The molecule has 0 aliphatic heterocycles. The van der Waals surface area contributed by atoms with Crippen LogP contribution in [0.25, 0.3) is 0 Å². The van der Waals surface area contributed by atoms with Crippen molar-refractivity contribution >= 4 is 17.1 Å². The Kier molecular flexibility index (Phi) is 4.83. The predicted molar refractivity (Wildman–Crippen MR) is 86.8 cm³/mol. The minimum atomic E-state index is -4.60. The summed E-state index contributed by atoms with van der Waals surface area (Å²) in [5.41, 5.74) is 6.94. The van der Waals surface area contributed by atoms with E-state index in [0.29, 0.717) is 11.4 Å². The molecule has 0 saturated carbocycles. The molecule has 0 aliphatic carbocycles. The summed E-state index contributed by atoms with van der Waals surface area (Å²) >= 11 is 0. The lowest BCUT2D eigenvalue weighted by Crippen LogP contribution is -2.24. The Balaban J connectivity index is 2.39. The molecule has 2 rings (SSSR count). The molecule has 120 valence electrons. The summed E-state index contributed by atoms with van der Waals surface area (Å²) in [4.78, 5) is 0. The molecular formula is C17H16F3N3. The van der Waals surface area contributed by atoms with Crippen LogP contribution in [0.1, 0.15) is 23.6 Å². The van der Waals surface area contributed by atoms with Gasteiger partial charge in [-0.2, -0.15) is 18.3 Å². The van der Waals surface area contributed by atoms with Crippen molar-refractivity contribution in [1.29, 1.82) is 0 Å². The van der Waals surface area contributed by atoms with Gasteiger partial charge in [0.25, 0.3) is 0 Å². The quantitative estimate of drug-likeness (QED) is 0.510. The number of alkyl halides is 3. The first kappa shape index (κ1) is 16.7. The van der Waals surface area contributed by atoms with E-state index in [9.17, 15) is 13.2 Å². The maximum atomic E-state index is 13.2. The van der Waals surface area contributed by atoms with Gasteiger partial charge in [-0.15, -0.1) is 5.10 Å². The third-order valence-electron chi connectivity index (χ3n) is 3.22. The van der Waals surface area contributed by atoms with Gasteiger partial charge in [-0.05, 0) is 31.5 Å². The van der Waals surface area contributed by atoms with Gasteiger partial charge in [-0.25, -0.2) is 0 Å². The van der Waals surface area contributed by atoms with E-state index in [2.05, 4.69) is 10.2 Å². The summed E-state index contributed by atoms with van der Waals surface area (Å²) in [6.45, 7) is 3.54. The Hall–Kier alpha value is -2.63. The minimum absolute atomic E-state index is 0.0767. The molecule has 0 amide bonds. The molecule has 0 fully saturated rings. The zero-order chi connectivity index (χ0) is 17.0. The highest BCUT2D eigenvalue weighted by Gasteiger charge is 2.37. The second-order valence-electron chi connectivity index (χ2n) is 5.12. The molecule has 0 saturated heterocycles. The fraction of sp³-hybridized carbons (Fsp3) is 0.176. The molecule has 2 aromatic rings. The van der Waals surface area contributed by atoms with Gasteiger partial charge in [-0.1, -0.05) is 42.0 Å². The molecular weight excluding hydrogens is 303 g/mol. The molecule has 2 N–H and O–H groups in total. The monoisotopic (exact) mass is 319 g/mol. The Morgan fingerprint density at radius 1 is 0.870 bits per heavy atom. The van der Waals surface area contributed by atoms with Crippen LogP contribution in [0, 0.1) is 6.92 Å². The van der Waals surface area contributed by atoms with Gasteiger partial charge >= 0.3 is 6.18 Å². The molecule has 23 heavy (non-hydrogen) atoms.